The summed E-state index contributed by atoms with van der Waals surface area (Å²) in [6.45, 7) is 0.587. The molecule has 1 unspecified atom stereocenters. The molecular weight excluding hydrogens is 426 g/mol. The van der Waals surface area contributed by atoms with Crippen LogP contribution in [0, 0.1) is 10.1 Å². The number of ether oxygens (including phenoxy) is 2. The van der Waals surface area contributed by atoms with E-state index in [2.05, 4.69) is 5.32 Å². The summed E-state index contributed by atoms with van der Waals surface area (Å²) >= 11 is 0. The van der Waals surface area contributed by atoms with Crippen molar-refractivity contribution in [1.29, 1.82) is 0 Å². The molecule has 0 radical (unpaired) electrons. The number of fused-ring (bicyclic) bond motifs is 1. The predicted octanol–water partition coefficient (Wildman–Crippen LogP) is 2.10. The Bertz CT molecular complexity index is 1060. The first-order valence-electron chi connectivity index (χ1n) is 9.61. The van der Waals surface area contributed by atoms with Crippen LogP contribution in [0.15, 0.2) is 48.5 Å². The Morgan fingerprint density at radius 2 is 1.97 bits per heavy atom. The standard InChI is InChI=1S/C20H23N3O7S/c1-31(27,28)22(15-6-4-7-16(12-15)23(25)26)11-5-10-20(24)21-13-17-14-29-18-8-2-3-9-19(18)30-17/h2-4,6-9,12,17H,5,10-11,13-14H2,1H3,(H,21,24). The van der Waals surface area contributed by atoms with Gasteiger partial charge < -0.3 is 14.8 Å². The molecule has 1 N–H and O–H groups in total. The number of para-hydroxylation sites is 2. The number of benzene rings is 2. The molecule has 1 heterocycles. The first-order chi connectivity index (χ1) is 14.7. The minimum atomic E-state index is -3.67. The fourth-order valence-electron chi connectivity index (χ4n) is 3.11. The summed E-state index contributed by atoms with van der Waals surface area (Å²) in [5.41, 5.74) is -0.0244. The van der Waals surface area contributed by atoms with Crippen molar-refractivity contribution >= 4 is 27.3 Å². The van der Waals surface area contributed by atoms with Crippen molar-refractivity contribution in [2.45, 2.75) is 18.9 Å². The first kappa shape index (κ1) is 22.3. The Morgan fingerprint density at radius 3 is 2.68 bits per heavy atom. The highest BCUT2D eigenvalue weighted by atomic mass is 32.2. The summed E-state index contributed by atoms with van der Waals surface area (Å²) in [5, 5.41) is 13.7. The lowest BCUT2D eigenvalue weighted by Crippen LogP contribution is -2.41. The molecule has 1 amide bonds. The van der Waals surface area contributed by atoms with Gasteiger partial charge in [0.15, 0.2) is 11.5 Å². The summed E-state index contributed by atoms with van der Waals surface area (Å²) in [6, 6.07) is 12.6. The predicted molar refractivity (Wildman–Crippen MR) is 114 cm³/mol. The molecule has 166 valence electrons. The highest BCUT2D eigenvalue weighted by Gasteiger charge is 2.22. The lowest BCUT2D eigenvalue weighted by molar-refractivity contribution is -0.384. The number of rotatable bonds is 9. The minimum Gasteiger partial charge on any atom is -0.486 e. The van der Waals surface area contributed by atoms with Gasteiger partial charge in [-0.15, -0.1) is 0 Å². The summed E-state index contributed by atoms with van der Waals surface area (Å²) in [6.07, 6.45) is 1.03. The number of hydrogen-bond acceptors (Lipinski definition) is 7. The van der Waals surface area contributed by atoms with E-state index in [0.717, 1.165) is 10.6 Å². The second-order valence-electron chi connectivity index (χ2n) is 7.02. The minimum absolute atomic E-state index is 0.0177. The molecule has 1 aliphatic rings. The van der Waals surface area contributed by atoms with E-state index >= 15 is 0 Å². The largest absolute Gasteiger partial charge is 0.486 e. The number of nitrogens with one attached hydrogen (secondary N) is 1. The Kier molecular flexibility index (Phi) is 6.95. The van der Waals surface area contributed by atoms with Crippen LogP contribution in [0.5, 0.6) is 11.5 Å². The van der Waals surface area contributed by atoms with Crippen molar-refractivity contribution in [3.8, 4) is 11.5 Å². The van der Waals surface area contributed by atoms with Gasteiger partial charge in [-0.2, -0.15) is 0 Å². The number of sulfonamides is 1. The van der Waals surface area contributed by atoms with Crippen molar-refractivity contribution in [3.63, 3.8) is 0 Å². The number of carbonyl (C=O) groups is 1. The maximum Gasteiger partial charge on any atom is 0.271 e. The smallest absolute Gasteiger partial charge is 0.271 e. The molecule has 11 heteroatoms. The van der Waals surface area contributed by atoms with Crippen LogP contribution >= 0.6 is 0 Å². The summed E-state index contributed by atoms with van der Waals surface area (Å²) < 4.78 is 36.7. The molecule has 1 atom stereocenters. The third kappa shape index (κ3) is 6.07. The quantitative estimate of drug-likeness (QED) is 0.458. The molecule has 0 aliphatic carbocycles. The summed E-state index contributed by atoms with van der Waals surface area (Å²) in [7, 11) is -3.67. The molecule has 0 bridgehead atoms. The number of amides is 1. The molecular formula is C20H23N3O7S. The van der Waals surface area contributed by atoms with Gasteiger partial charge in [-0.05, 0) is 24.6 Å². The van der Waals surface area contributed by atoms with Crippen LogP contribution in [-0.4, -0.2) is 51.3 Å². The molecule has 0 saturated carbocycles. The first-order valence-corrected chi connectivity index (χ1v) is 11.5. The average Bonchev–Trinajstić information content (AvgIpc) is 2.74. The molecule has 31 heavy (non-hydrogen) atoms. The van der Waals surface area contributed by atoms with E-state index in [4.69, 9.17) is 9.47 Å². The second kappa shape index (κ2) is 9.65. The van der Waals surface area contributed by atoms with E-state index in [0.29, 0.717) is 18.1 Å². The fourth-order valence-corrected chi connectivity index (χ4v) is 4.07. The Balaban J connectivity index is 1.50. The van der Waals surface area contributed by atoms with E-state index in [1.165, 1.54) is 24.3 Å². The van der Waals surface area contributed by atoms with E-state index in [1.54, 1.807) is 12.1 Å². The topological polar surface area (TPSA) is 128 Å². The van der Waals surface area contributed by atoms with Crippen LogP contribution in [0.4, 0.5) is 11.4 Å². The lowest BCUT2D eigenvalue weighted by atomic mass is 10.2. The van der Waals surface area contributed by atoms with Gasteiger partial charge in [0.05, 0.1) is 23.4 Å². The van der Waals surface area contributed by atoms with Crippen molar-refractivity contribution in [1.82, 2.24) is 5.32 Å². The van der Waals surface area contributed by atoms with Crippen LogP contribution in [0.1, 0.15) is 12.8 Å². The number of non-ortho nitro benzene ring substituents is 1. The number of nitro benzene ring substituents is 1. The molecule has 2 aromatic carbocycles. The van der Waals surface area contributed by atoms with Gasteiger partial charge in [-0.3, -0.25) is 19.2 Å². The van der Waals surface area contributed by atoms with Crippen molar-refractivity contribution in [2.24, 2.45) is 0 Å². The van der Waals surface area contributed by atoms with Gasteiger partial charge in [0, 0.05) is 25.1 Å². The molecule has 0 spiro atoms. The average molecular weight is 449 g/mol. The Hall–Kier alpha value is -3.34. The zero-order valence-corrected chi connectivity index (χ0v) is 17.7. The third-order valence-corrected chi connectivity index (χ3v) is 5.78. The van der Waals surface area contributed by atoms with Crippen LogP contribution in [-0.2, 0) is 14.8 Å². The van der Waals surface area contributed by atoms with Gasteiger partial charge in [0.1, 0.15) is 12.7 Å². The SMILES string of the molecule is CS(=O)(=O)N(CCCC(=O)NCC1COc2ccccc2O1)c1cccc([N+](=O)[O-])c1. The van der Waals surface area contributed by atoms with E-state index in [-0.39, 0.29) is 49.3 Å². The number of anilines is 1. The Labute approximate surface area is 180 Å². The molecule has 0 fully saturated rings. The number of nitro groups is 1. The zero-order chi connectivity index (χ0) is 22.4. The maximum atomic E-state index is 12.2. The normalized spacial score (nSPS) is 15.2. The monoisotopic (exact) mass is 449 g/mol. The maximum absolute atomic E-state index is 12.2. The summed E-state index contributed by atoms with van der Waals surface area (Å²) in [4.78, 5) is 22.6. The summed E-state index contributed by atoms with van der Waals surface area (Å²) in [5.74, 6) is 1.02. The van der Waals surface area contributed by atoms with Gasteiger partial charge in [-0.25, -0.2) is 8.42 Å². The molecule has 0 saturated heterocycles. The number of nitrogens with zero attached hydrogens (tertiary/aromatic N) is 2. The molecule has 0 aromatic heterocycles. The van der Waals surface area contributed by atoms with Crippen LogP contribution < -0.4 is 19.1 Å². The van der Waals surface area contributed by atoms with E-state index < -0.39 is 14.9 Å². The van der Waals surface area contributed by atoms with Crippen LogP contribution in [0.2, 0.25) is 0 Å². The van der Waals surface area contributed by atoms with E-state index in [1.807, 2.05) is 12.1 Å². The van der Waals surface area contributed by atoms with Crippen LogP contribution in [0.3, 0.4) is 0 Å². The highest BCUT2D eigenvalue weighted by Crippen LogP contribution is 2.30. The number of hydrogen-bond donors (Lipinski definition) is 1. The second-order valence-corrected chi connectivity index (χ2v) is 8.92. The lowest BCUT2D eigenvalue weighted by Gasteiger charge is -2.26. The molecule has 3 rings (SSSR count). The highest BCUT2D eigenvalue weighted by molar-refractivity contribution is 7.92. The number of carbonyl (C=O) groups excluding carboxylic acids is 1. The van der Waals surface area contributed by atoms with Gasteiger partial charge >= 0.3 is 0 Å². The molecule has 10 nitrogen and oxygen atoms in total. The zero-order valence-electron chi connectivity index (χ0n) is 16.9. The molecule has 1 aliphatic heterocycles. The van der Waals surface area contributed by atoms with Crippen LogP contribution in [0.25, 0.3) is 0 Å². The van der Waals surface area contributed by atoms with E-state index in [9.17, 15) is 23.3 Å². The Morgan fingerprint density at radius 1 is 1.23 bits per heavy atom. The van der Waals surface area contributed by atoms with Gasteiger partial charge in [0.2, 0.25) is 15.9 Å². The fraction of sp³-hybridized carbons (Fsp3) is 0.350. The van der Waals surface area contributed by atoms with Crippen molar-refractivity contribution < 1.29 is 27.6 Å². The van der Waals surface area contributed by atoms with Gasteiger partial charge in [-0.1, -0.05) is 18.2 Å². The van der Waals surface area contributed by atoms with Gasteiger partial charge in [0.25, 0.3) is 5.69 Å². The van der Waals surface area contributed by atoms with Crippen molar-refractivity contribution in [3.05, 3.63) is 58.6 Å². The van der Waals surface area contributed by atoms with Crippen molar-refractivity contribution in [2.75, 3.05) is 30.3 Å². The molecule has 2 aromatic rings. The third-order valence-electron chi connectivity index (χ3n) is 4.59.